The summed E-state index contributed by atoms with van der Waals surface area (Å²) in [6, 6.07) is 0. The molecule has 2 rings (SSSR count). The molecule has 1 aromatic rings. The lowest BCUT2D eigenvalue weighted by atomic mass is 10.6. The van der Waals surface area contributed by atoms with Gasteiger partial charge in [-0.25, -0.2) is 4.98 Å². The third kappa shape index (κ3) is 1.56. The molecule has 0 atom stereocenters. The highest BCUT2D eigenvalue weighted by atomic mass is 79.9. The van der Waals surface area contributed by atoms with Crippen LogP contribution in [0.5, 0.6) is 0 Å². The lowest BCUT2D eigenvalue weighted by Gasteiger charge is -2.03. The number of aromatic nitrogens is 2. The minimum absolute atomic E-state index is 0.340. The van der Waals surface area contributed by atoms with E-state index in [2.05, 4.69) is 41.8 Å². The van der Waals surface area contributed by atoms with Crippen molar-refractivity contribution < 1.29 is 9.47 Å². The van der Waals surface area contributed by atoms with Crippen LogP contribution in [0.4, 0.5) is 0 Å². The minimum atomic E-state index is -0.340. The van der Waals surface area contributed by atoms with Crippen molar-refractivity contribution in [2.24, 2.45) is 0 Å². The summed E-state index contributed by atoms with van der Waals surface area (Å²) in [4.78, 5) is 7.15. The third-order valence-corrected chi connectivity index (χ3v) is 3.16. The van der Waals surface area contributed by atoms with Crippen LogP contribution in [0, 0.1) is 0 Å². The predicted molar refractivity (Wildman–Crippen MR) is 48.6 cm³/mol. The first-order valence-electron chi connectivity index (χ1n) is 3.41. The van der Waals surface area contributed by atoms with Crippen LogP contribution in [0.2, 0.25) is 0 Å². The zero-order valence-electron chi connectivity index (χ0n) is 6.01. The first kappa shape index (κ1) is 8.68. The van der Waals surface area contributed by atoms with Gasteiger partial charge >= 0.3 is 0 Å². The van der Waals surface area contributed by atoms with E-state index >= 15 is 0 Å². The molecular formula is C6H6Br2N2O2. The molecule has 0 bridgehead atoms. The normalized spacial score (nSPS) is 18.8. The monoisotopic (exact) mass is 296 g/mol. The molecule has 1 saturated heterocycles. The smallest absolute Gasteiger partial charge is 0.217 e. The van der Waals surface area contributed by atoms with E-state index in [1.54, 1.807) is 0 Å². The summed E-state index contributed by atoms with van der Waals surface area (Å²) >= 11 is 6.55. The Kier molecular flexibility index (Phi) is 2.49. The van der Waals surface area contributed by atoms with Crippen molar-refractivity contribution in [3.8, 4) is 0 Å². The van der Waals surface area contributed by atoms with E-state index in [1.807, 2.05) is 0 Å². The van der Waals surface area contributed by atoms with E-state index in [9.17, 15) is 0 Å². The summed E-state index contributed by atoms with van der Waals surface area (Å²) in [5.74, 6) is 0.686. The second-order valence-corrected chi connectivity index (χ2v) is 3.84. The standard InChI is InChI=1S/C6H6Br2N2O2/c7-3-4(8)10-5(9-3)6-11-1-2-12-6/h6H,1-2H2,(H,9,10). The fourth-order valence-electron chi connectivity index (χ4n) is 0.975. The quantitative estimate of drug-likeness (QED) is 0.862. The zero-order chi connectivity index (χ0) is 8.55. The van der Waals surface area contributed by atoms with Gasteiger partial charge in [-0.1, -0.05) is 0 Å². The molecular weight excluding hydrogens is 292 g/mol. The Hall–Kier alpha value is 0.0900. The summed E-state index contributed by atoms with van der Waals surface area (Å²) in [5.41, 5.74) is 0. The van der Waals surface area contributed by atoms with Gasteiger partial charge in [-0.2, -0.15) is 0 Å². The molecule has 6 heteroatoms. The molecule has 0 saturated carbocycles. The number of nitrogens with one attached hydrogen (secondary N) is 1. The summed E-state index contributed by atoms with van der Waals surface area (Å²) in [7, 11) is 0. The number of hydrogen-bond donors (Lipinski definition) is 1. The van der Waals surface area contributed by atoms with Crippen molar-refractivity contribution in [2.45, 2.75) is 6.29 Å². The van der Waals surface area contributed by atoms with Gasteiger partial charge in [0.15, 0.2) is 5.82 Å². The highest BCUT2D eigenvalue weighted by Gasteiger charge is 2.22. The Bertz CT molecular complexity index is 264. The second kappa shape index (κ2) is 3.45. The van der Waals surface area contributed by atoms with Gasteiger partial charge in [0, 0.05) is 0 Å². The highest BCUT2D eigenvalue weighted by Crippen LogP contribution is 2.26. The molecule has 12 heavy (non-hydrogen) atoms. The van der Waals surface area contributed by atoms with Crippen LogP contribution in [-0.4, -0.2) is 23.2 Å². The summed E-state index contributed by atoms with van der Waals surface area (Å²) < 4.78 is 12.0. The predicted octanol–water partition coefficient (Wildman–Crippen LogP) is 1.98. The Labute approximate surface area is 85.9 Å². The summed E-state index contributed by atoms with van der Waals surface area (Å²) in [5, 5.41) is 0. The Morgan fingerprint density at radius 1 is 1.33 bits per heavy atom. The molecule has 0 aromatic carbocycles. The van der Waals surface area contributed by atoms with Gasteiger partial charge < -0.3 is 14.5 Å². The SMILES string of the molecule is Brc1nc(C2OCCO2)[nH]c1Br. The molecule has 66 valence electrons. The van der Waals surface area contributed by atoms with Gasteiger partial charge in [0.1, 0.15) is 9.21 Å². The first-order chi connectivity index (χ1) is 5.77. The fraction of sp³-hybridized carbons (Fsp3) is 0.500. The van der Waals surface area contributed by atoms with Gasteiger partial charge in [-0.15, -0.1) is 0 Å². The number of imidazole rings is 1. The molecule has 0 unspecified atom stereocenters. The van der Waals surface area contributed by atoms with Gasteiger partial charge in [0.05, 0.1) is 13.2 Å². The van der Waals surface area contributed by atoms with Gasteiger partial charge in [0.2, 0.25) is 6.29 Å². The molecule has 0 spiro atoms. The van der Waals surface area contributed by atoms with Crippen molar-refractivity contribution in [1.29, 1.82) is 0 Å². The topological polar surface area (TPSA) is 47.1 Å². The largest absolute Gasteiger partial charge is 0.343 e. The summed E-state index contributed by atoms with van der Waals surface area (Å²) in [6.07, 6.45) is -0.340. The van der Waals surface area contributed by atoms with Gasteiger partial charge in [-0.3, -0.25) is 0 Å². The average molecular weight is 298 g/mol. The maximum absolute atomic E-state index is 5.25. The Balaban J connectivity index is 2.21. The second-order valence-electron chi connectivity index (χ2n) is 2.30. The number of H-pyrrole nitrogens is 1. The maximum atomic E-state index is 5.25. The zero-order valence-corrected chi connectivity index (χ0v) is 9.18. The molecule has 1 fully saturated rings. The van der Waals surface area contributed by atoms with Crippen LogP contribution in [0.25, 0.3) is 0 Å². The average Bonchev–Trinajstić information content (AvgIpc) is 2.61. The van der Waals surface area contributed by atoms with Crippen molar-refractivity contribution in [3.05, 3.63) is 15.0 Å². The van der Waals surface area contributed by atoms with Crippen LogP contribution in [0.1, 0.15) is 12.1 Å². The number of rotatable bonds is 1. The first-order valence-corrected chi connectivity index (χ1v) is 5.00. The van der Waals surface area contributed by atoms with Crippen molar-refractivity contribution in [1.82, 2.24) is 9.97 Å². The van der Waals surface area contributed by atoms with E-state index in [4.69, 9.17) is 9.47 Å². The van der Waals surface area contributed by atoms with Crippen LogP contribution in [-0.2, 0) is 9.47 Å². The molecule has 0 amide bonds. The van der Waals surface area contributed by atoms with Crippen LogP contribution in [0.15, 0.2) is 9.21 Å². The fourth-order valence-corrected chi connectivity index (χ4v) is 1.56. The number of hydrogen-bond acceptors (Lipinski definition) is 3. The minimum Gasteiger partial charge on any atom is -0.343 e. The molecule has 1 aliphatic heterocycles. The van der Waals surface area contributed by atoms with E-state index in [1.165, 1.54) is 0 Å². The van der Waals surface area contributed by atoms with E-state index in [-0.39, 0.29) is 6.29 Å². The molecule has 2 heterocycles. The van der Waals surface area contributed by atoms with Gasteiger partial charge in [-0.05, 0) is 31.9 Å². The molecule has 0 aliphatic carbocycles. The van der Waals surface area contributed by atoms with Crippen LogP contribution < -0.4 is 0 Å². The molecule has 1 N–H and O–H groups in total. The number of aromatic amines is 1. The molecule has 4 nitrogen and oxygen atoms in total. The van der Waals surface area contributed by atoms with E-state index < -0.39 is 0 Å². The van der Waals surface area contributed by atoms with E-state index in [0.717, 1.165) is 9.21 Å². The molecule has 1 aliphatic rings. The Morgan fingerprint density at radius 3 is 2.50 bits per heavy atom. The lowest BCUT2D eigenvalue weighted by Crippen LogP contribution is -1.99. The number of ether oxygens (including phenoxy) is 2. The summed E-state index contributed by atoms with van der Waals surface area (Å²) in [6.45, 7) is 1.25. The van der Waals surface area contributed by atoms with Crippen molar-refractivity contribution in [3.63, 3.8) is 0 Å². The lowest BCUT2D eigenvalue weighted by molar-refractivity contribution is -0.0502. The molecule has 0 radical (unpaired) electrons. The van der Waals surface area contributed by atoms with Crippen LogP contribution in [0.3, 0.4) is 0 Å². The highest BCUT2D eigenvalue weighted by molar-refractivity contribution is 9.13. The Morgan fingerprint density at radius 2 is 2.00 bits per heavy atom. The van der Waals surface area contributed by atoms with E-state index in [0.29, 0.717) is 19.0 Å². The van der Waals surface area contributed by atoms with Crippen LogP contribution >= 0.6 is 31.9 Å². The number of nitrogens with zero attached hydrogens (tertiary/aromatic N) is 1. The number of halogens is 2. The third-order valence-electron chi connectivity index (χ3n) is 1.48. The van der Waals surface area contributed by atoms with Crippen molar-refractivity contribution in [2.75, 3.05) is 13.2 Å². The molecule has 1 aromatic heterocycles. The van der Waals surface area contributed by atoms with Crippen molar-refractivity contribution >= 4 is 31.9 Å². The maximum Gasteiger partial charge on any atom is 0.217 e. The van der Waals surface area contributed by atoms with Gasteiger partial charge in [0.25, 0.3) is 0 Å².